The van der Waals surface area contributed by atoms with Gasteiger partial charge < -0.3 is 19.9 Å². The zero-order chi connectivity index (χ0) is 26.9. The Morgan fingerprint density at radius 2 is 1.89 bits per heavy atom. The van der Waals surface area contributed by atoms with Crippen molar-refractivity contribution < 1.29 is 32.5 Å². The number of nitrogens with zero attached hydrogens (tertiary/aromatic N) is 7. The number of aromatic nitrogens is 6. The lowest BCUT2D eigenvalue weighted by Gasteiger charge is -2.34. The average molecular weight is 534 g/mol. The van der Waals surface area contributed by atoms with Crippen LogP contribution in [0.25, 0.3) is 11.4 Å². The minimum atomic E-state index is -4.66. The van der Waals surface area contributed by atoms with Crippen molar-refractivity contribution in [2.75, 3.05) is 23.4 Å². The van der Waals surface area contributed by atoms with Crippen LogP contribution in [0.3, 0.4) is 0 Å². The van der Waals surface area contributed by atoms with Gasteiger partial charge in [0.1, 0.15) is 23.1 Å². The number of carboxylic acid groups (broad SMARTS) is 1. The van der Waals surface area contributed by atoms with Crippen LogP contribution >= 0.6 is 0 Å². The van der Waals surface area contributed by atoms with Crippen LogP contribution in [0.2, 0.25) is 0 Å². The van der Waals surface area contributed by atoms with E-state index in [0.29, 0.717) is 43.3 Å². The monoisotopic (exact) mass is 534 g/mol. The number of amides is 1. The molecule has 12 nitrogen and oxygen atoms in total. The molecule has 3 aromatic heterocycles. The van der Waals surface area contributed by atoms with Crippen LogP contribution in [0.15, 0.2) is 30.9 Å². The summed E-state index contributed by atoms with van der Waals surface area (Å²) in [6.07, 6.45) is 1.17. The standard InChI is InChI=1S/C23H25F3N8O4/c1-33-7-6-17(32-33)18-9-28-19(10-27-18)34(22(35)36)14-4-2-13(3-5-14)30-21-29-8-16(23(24,25)26)20(31-21)38-15-11-37-12-15/h6-10,13-15H,2-5,11-12H2,1H3,(H,35,36)(H,29,30,31). The topological polar surface area (TPSA) is 140 Å². The summed E-state index contributed by atoms with van der Waals surface area (Å²) >= 11 is 0. The van der Waals surface area contributed by atoms with Gasteiger partial charge in [0.05, 0.1) is 25.6 Å². The molecule has 15 heteroatoms. The Morgan fingerprint density at radius 1 is 1.13 bits per heavy atom. The van der Waals surface area contributed by atoms with E-state index < -0.39 is 29.8 Å². The molecule has 4 heterocycles. The minimum Gasteiger partial charge on any atom is -0.469 e. The summed E-state index contributed by atoms with van der Waals surface area (Å²) in [4.78, 5) is 29.7. The van der Waals surface area contributed by atoms with Crippen LogP contribution in [0.4, 0.5) is 29.7 Å². The van der Waals surface area contributed by atoms with E-state index in [9.17, 15) is 23.1 Å². The van der Waals surface area contributed by atoms with Gasteiger partial charge in [0.15, 0.2) is 5.82 Å². The van der Waals surface area contributed by atoms with Crippen molar-refractivity contribution in [1.82, 2.24) is 29.7 Å². The van der Waals surface area contributed by atoms with Crippen LogP contribution in [0.5, 0.6) is 5.88 Å². The van der Waals surface area contributed by atoms with Gasteiger partial charge in [0.25, 0.3) is 0 Å². The van der Waals surface area contributed by atoms with Crippen LogP contribution in [-0.2, 0) is 18.0 Å². The number of ether oxygens (including phenoxy) is 2. The fraction of sp³-hybridized carbons (Fsp3) is 0.478. The number of hydrogen-bond donors (Lipinski definition) is 2. The number of alkyl halides is 3. The molecule has 1 saturated heterocycles. The third kappa shape index (κ3) is 5.61. The number of hydrogen-bond acceptors (Lipinski definition) is 9. The Hall–Kier alpha value is -4.01. The van der Waals surface area contributed by atoms with Crippen LogP contribution < -0.4 is 15.0 Å². The smallest absolute Gasteiger partial charge is 0.423 e. The Morgan fingerprint density at radius 3 is 2.45 bits per heavy atom. The van der Waals surface area contributed by atoms with E-state index in [1.54, 1.807) is 24.0 Å². The summed E-state index contributed by atoms with van der Waals surface area (Å²) in [5, 5.41) is 17.2. The molecule has 0 bridgehead atoms. The summed E-state index contributed by atoms with van der Waals surface area (Å²) < 4.78 is 52.1. The Bertz CT molecular complexity index is 1270. The fourth-order valence-corrected chi connectivity index (χ4v) is 4.39. The summed E-state index contributed by atoms with van der Waals surface area (Å²) in [7, 11) is 1.78. The second kappa shape index (κ2) is 10.4. The third-order valence-electron chi connectivity index (χ3n) is 6.41. The Kier molecular flexibility index (Phi) is 7.01. The van der Waals surface area contributed by atoms with Gasteiger partial charge in [0.2, 0.25) is 11.8 Å². The van der Waals surface area contributed by atoms with Gasteiger partial charge >= 0.3 is 12.3 Å². The highest BCUT2D eigenvalue weighted by molar-refractivity contribution is 5.85. The Labute approximate surface area is 214 Å². The van der Waals surface area contributed by atoms with E-state index in [4.69, 9.17) is 9.47 Å². The number of anilines is 2. The molecule has 0 atom stereocenters. The van der Waals surface area contributed by atoms with Crippen LogP contribution in [-0.4, -0.2) is 72.3 Å². The molecule has 1 saturated carbocycles. The normalized spacial score (nSPS) is 20.0. The first-order valence-electron chi connectivity index (χ1n) is 12.0. The van der Waals surface area contributed by atoms with Crippen molar-refractivity contribution in [2.24, 2.45) is 7.05 Å². The van der Waals surface area contributed by atoms with Crippen molar-refractivity contribution in [3.05, 3.63) is 36.4 Å². The highest BCUT2D eigenvalue weighted by Crippen LogP contribution is 2.36. The quantitative estimate of drug-likeness (QED) is 0.464. The van der Waals surface area contributed by atoms with Crippen molar-refractivity contribution in [3.63, 3.8) is 0 Å². The highest BCUT2D eigenvalue weighted by Gasteiger charge is 2.38. The molecule has 1 aliphatic heterocycles. The molecular formula is C23H25F3N8O4. The molecule has 0 unspecified atom stereocenters. The number of carbonyl (C=O) groups is 1. The van der Waals surface area contributed by atoms with Gasteiger partial charge in [-0.05, 0) is 31.7 Å². The first kappa shape index (κ1) is 25.6. The van der Waals surface area contributed by atoms with E-state index in [1.165, 1.54) is 17.3 Å². The second-order valence-corrected chi connectivity index (χ2v) is 9.12. The van der Waals surface area contributed by atoms with E-state index >= 15 is 0 Å². The van der Waals surface area contributed by atoms with Crippen molar-refractivity contribution >= 4 is 17.9 Å². The predicted molar refractivity (Wildman–Crippen MR) is 127 cm³/mol. The Balaban J connectivity index is 1.23. The van der Waals surface area contributed by atoms with E-state index in [2.05, 4.69) is 30.4 Å². The molecular weight excluding hydrogens is 509 g/mol. The maximum atomic E-state index is 13.4. The molecule has 2 fully saturated rings. The number of nitrogens with one attached hydrogen (secondary N) is 1. The lowest BCUT2D eigenvalue weighted by atomic mass is 9.90. The second-order valence-electron chi connectivity index (χ2n) is 9.12. The molecule has 1 amide bonds. The van der Waals surface area contributed by atoms with Crippen LogP contribution in [0, 0.1) is 0 Å². The molecule has 5 rings (SSSR count). The highest BCUT2D eigenvalue weighted by atomic mass is 19.4. The summed E-state index contributed by atoms with van der Waals surface area (Å²) in [6, 6.07) is 1.28. The van der Waals surface area contributed by atoms with Crippen molar-refractivity contribution in [1.29, 1.82) is 0 Å². The van der Waals surface area contributed by atoms with Gasteiger partial charge in [0, 0.05) is 31.5 Å². The molecule has 2 N–H and O–H groups in total. The SMILES string of the molecule is Cn1ccc(-c2cnc(N(C(=O)O)C3CCC(Nc4ncc(C(F)(F)F)c(OC5COC5)n4)CC3)cn2)n1. The minimum absolute atomic E-state index is 0.0164. The summed E-state index contributed by atoms with van der Waals surface area (Å²) in [5.74, 6) is -0.314. The van der Waals surface area contributed by atoms with E-state index in [-0.39, 0.29) is 37.1 Å². The van der Waals surface area contributed by atoms with Gasteiger partial charge in [-0.25, -0.2) is 19.7 Å². The van der Waals surface area contributed by atoms with E-state index in [1.807, 2.05) is 0 Å². The first-order valence-corrected chi connectivity index (χ1v) is 12.0. The molecule has 202 valence electrons. The molecule has 3 aromatic rings. The largest absolute Gasteiger partial charge is 0.469 e. The maximum absolute atomic E-state index is 13.4. The van der Waals surface area contributed by atoms with Crippen LogP contribution in [0.1, 0.15) is 31.2 Å². The zero-order valence-corrected chi connectivity index (χ0v) is 20.3. The molecule has 1 aliphatic carbocycles. The lowest BCUT2D eigenvalue weighted by Crippen LogP contribution is -2.44. The summed E-state index contributed by atoms with van der Waals surface area (Å²) in [6.45, 7) is 0.398. The third-order valence-corrected chi connectivity index (χ3v) is 6.41. The first-order chi connectivity index (χ1) is 18.2. The van der Waals surface area contributed by atoms with E-state index in [0.717, 1.165) is 0 Å². The van der Waals surface area contributed by atoms with Gasteiger partial charge in [-0.15, -0.1) is 0 Å². The fourth-order valence-electron chi connectivity index (χ4n) is 4.39. The van der Waals surface area contributed by atoms with Crippen molar-refractivity contribution in [2.45, 2.75) is 50.0 Å². The number of rotatable bonds is 7. The molecule has 0 radical (unpaired) electrons. The van der Waals surface area contributed by atoms with Gasteiger partial charge in [-0.2, -0.15) is 23.3 Å². The maximum Gasteiger partial charge on any atom is 0.423 e. The predicted octanol–water partition coefficient (Wildman–Crippen LogP) is 3.37. The lowest BCUT2D eigenvalue weighted by molar-refractivity contribution is -0.142. The number of aryl methyl sites for hydroxylation is 1. The van der Waals surface area contributed by atoms with Gasteiger partial charge in [-0.1, -0.05) is 0 Å². The molecule has 2 aliphatic rings. The zero-order valence-electron chi connectivity index (χ0n) is 20.3. The summed E-state index contributed by atoms with van der Waals surface area (Å²) in [5.41, 5.74) is 0.100. The molecule has 0 spiro atoms. The van der Waals surface area contributed by atoms with Gasteiger partial charge in [-0.3, -0.25) is 9.58 Å². The average Bonchev–Trinajstić information content (AvgIpc) is 3.28. The molecule has 38 heavy (non-hydrogen) atoms. The molecule has 0 aromatic carbocycles. The number of halogens is 3. The van der Waals surface area contributed by atoms with Crippen molar-refractivity contribution in [3.8, 4) is 17.3 Å².